The van der Waals surface area contributed by atoms with Crippen LogP contribution in [0.2, 0.25) is 0 Å². The molecule has 0 atom stereocenters. The molecule has 1 nitrogen and oxygen atoms in total. The number of hydrogen-bond acceptors (Lipinski definition) is 2. The monoisotopic (exact) mass is 675 g/mol. The molecule has 2 aliphatic rings. The number of benzene rings is 7. The summed E-state index contributed by atoms with van der Waals surface area (Å²) in [5, 5.41) is 9.21. The SMILES string of the molecule is CC(C)(C)c1ccc2c(c1)C1(c3ccccc3-c3ccc(Nc4cccc5c4sc4ccc6ccccc6c45)cc31)c1cc(C(C)(C)C)ccc1-2. The third-order valence-electron chi connectivity index (χ3n) is 11.6. The fraction of sp³-hybridized carbons (Fsp3) is 0.184. The van der Waals surface area contributed by atoms with E-state index in [0.717, 1.165) is 11.4 Å². The molecule has 248 valence electrons. The summed E-state index contributed by atoms with van der Waals surface area (Å²) in [6.07, 6.45) is 0. The van der Waals surface area contributed by atoms with Crippen LogP contribution in [0.4, 0.5) is 11.4 Å². The van der Waals surface area contributed by atoms with Gasteiger partial charge in [-0.1, -0.05) is 151 Å². The zero-order valence-corrected chi connectivity index (χ0v) is 30.9. The Labute approximate surface area is 304 Å². The number of fused-ring (bicyclic) bond motifs is 15. The molecule has 0 saturated carbocycles. The molecule has 1 spiro atoms. The molecule has 0 unspecified atom stereocenters. The van der Waals surface area contributed by atoms with Crippen molar-refractivity contribution in [1.29, 1.82) is 0 Å². The summed E-state index contributed by atoms with van der Waals surface area (Å²) < 4.78 is 2.62. The normalized spacial score (nSPS) is 14.2. The highest BCUT2D eigenvalue weighted by atomic mass is 32.1. The molecular weight excluding hydrogens is 635 g/mol. The van der Waals surface area contributed by atoms with Crippen molar-refractivity contribution in [3.05, 3.63) is 167 Å². The van der Waals surface area contributed by atoms with E-state index in [1.807, 2.05) is 11.3 Å². The first kappa shape index (κ1) is 30.6. The Morgan fingerprint density at radius 2 is 1.08 bits per heavy atom. The number of nitrogens with one attached hydrogen (secondary N) is 1. The van der Waals surface area contributed by atoms with Gasteiger partial charge in [0.15, 0.2) is 0 Å². The van der Waals surface area contributed by atoms with Crippen molar-refractivity contribution in [2.24, 2.45) is 0 Å². The van der Waals surface area contributed by atoms with E-state index in [0.29, 0.717) is 0 Å². The van der Waals surface area contributed by atoms with Crippen molar-refractivity contribution in [3.8, 4) is 22.3 Å². The first-order chi connectivity index (χ1) is 24.5. The predicted octanol–water partition coefficient (Wildman–Crippen LogP) is 13.9. The summed E-state index contributed by atoms with van der Waals surface area (Å²) >= 11 is 1.88. The minimum absolute atomic E-state index is 0.0280. The van der Waals surface area contributed by atoms with Gasteiger partial charge in [0.25, 0.3) is 0 Å². The summed E-state index contributed by atoms with van der Waals surface area (Å²) in [7, 11) is 0. The number of rotatable bonds is 2. The highest BCUT2D eigenvalue weighted by molar-refractivity contribution is 7.26. The van der Waals surface area contributed by atoms with E-state index in [2.05, 4.69) is 180 Å². The summed E-state index contributed by atoms with van der Waals surface area (Å²) in [6.45, 7) is 14.0. The van der Waals surface area contributed by atoms with Crippen LogP contribution in [0.1, 0.15) is 74.9 Å². The zero-order chi connectivity index (χ0) is 34.9. The maximum absolute atomic E-state index is 3.95. The number of thiophene rings is 1. The molecule has 7 aromatic carbocycles. The van der Waals surface area contributed by atoms with Crippen molar-refractivity contribution < 1.29 is 0 Å². The van der Waals surface area contributed by atoms with Gasteiger partial charge in [-0.15, -0.1) is 11.3 Å². The van der Waals surface area contributed by atoms with Gasteiger partial charge in [0.05, 0.1) is 15.8 Å². The molecule has 0 amide bonds. The van der Waals surface area contributed by atoms with Gasteiger partial charge < -0.3 is 5.32 Å². The second-order valence-electron chi connectivity index (χ2n) is 16.6. The second-order valence-corrected chi connectivity index (χ2v) is 17.7. The van der Waals surface area contributed by atoms with Crippen LogP contribution in [-0.4, -0.2) is 0 Å². The maximum atomic E-state index is 3.95. The van der Waals surface area contributed by atoms with Crippen LogP contribution in [-0.2, 0) is 16.2 Å². The van der Waals surface area contributed by atoms with Gasteiger partial charge in [-0.25, -0.2) is 0 Å². The Hall–Kier alpha value is -5.18. The molecule has 0 aliphatic heterocycles. The predicted molar refractivity (Wildman–Crippen MR) is 220 cm³/mol. The zero-order valence-electron chi connectivity index (χ0n) is 30.1. The molecule has 2 heteroatoms. The Kier molecular flexibility index (Phi) is 6.27. The maximum Gasteiger partial charge on any atom is 0.0726 e. The first-order valence-electron chi connectivity index (χ1n) is 18.2. The summed E-state index contributed by atoms with van der Waals surface area (Å²) in [5.74, 6) is 0. The Morgan fingerprint density at radius 1 is 0.490 bits per heavy atom. The van der Waals surface area contributed by atoms with Gasteiger partial charge in [0.1, 0.15) is 0 Å². The van der Waals surface area contributed by atoms with E-state index >= 15 is 0 Å². The van der Waals surface area contributed by atoms with Gasteiger partial charge in [-0.3, -0.25) is 0 Å². The van der Waals surface area contributed by atoms with Crippen molar-refractivity contribution in [2.45, 2.75) is 57.8 Å². The molecule has 1 N–H and O–H groups in total. The molecule has 1 heterocycles. The topological polar surface area (TPSA) is 12.0 Å². The van der Waals surface area contributed by atoms with Crippen molar-refractivity contribution >= 4 is 53.7 Å². The minimum Gasteiger partial charge on any atom is -0.354 e. The third-order valence-corrected chi connectivity index (χ3v) is 12.8. The molecule has 51 heavy (non-hydrogen) atoms. The van der Waals surface area contributed by atoms with Crippen LogP contribution in [0.15, 0.2) is 133 Å². The summed E-state index contributed by atoms with van der Waals surface area (Å²) in [6, 6.07) is 50.8. The van der Waals surface area contributed by atoms with Crippen LogP contribution in [0.25, 0.3) is 53.2 Å². The standard InChI is InChI=1S/C49H41NS/c1-47(2,3)30-19-22-35-36-23-20-31(48(4,5)6)27-41(36)49(40(35)26-30)39-16-10-9-14-34(39)37-24-21-32(28-42(37)49)50-43-17-11-15-38-45-33-13-8-7-12-29(33)18-25-44(45)51-46(38)43/h7-28,50H,1-6H3. The molecule has 8 aromatic rings. The van der Waals surface area contributed by atoms with Crippen LogP contribution in [0, 0.1) is 0 Å². The molecular formula is C49H41NS. The quantitative estimate of drug-likeness (QED) is 0.192. The van der Waals surface area contributed by atoms with E-state index in [-0.39, 0.29) is 10.8 Å². The smallest absolute Gasteiger partial charge is 0.0726 e. The number of hydrogen-bond donors (Lipinski definition) is 1. The van der Waals surface area contributed by atoms with Gasteiger partial charge in [-0.05, 0) is 102 Å². The number of anilines is 2. The van der Waals surface area contributed by atoms with Crippen molar-refractivity contribution in [1.82, 2.24) is 0 Å². The van der Waals surface area contributed by atoms with E-state index < -0.39 is 5.41 Å². The van der Waals surface area contributed by atoms with E-state index in [1.165, 1.54) is 86.6 Å². The average molecular weight is 676 g/mol. The molecule has 2 aliphatic carbocycles. The van der Waals surface area contributed by atoms with Crippen LogP contribution in [0.5, 0.6) is 0 Å². The molecule has 0 radical (unpaired) electrons. The lowest BCUT2D eigenvalue weighted by Gasteiger charge is -2.33. The molecule has 10 rings (SSSR count). The van der Waals surface area contributed by atoms with E-state index in [4.69, 9.17) is 0 Å². The lowest BCUT2D eigenvalue weighted by molar-refractivity contribution is 0.586. The van der Waals surface area contributed by atoms with Crippen LogP contribution < -0.4 is 5.32 Å². The van der Waals surface area contributed by atoms with Crippen molar-refractivity contribution in [2.75, 3.05) is 5.32 Å². The van der Waals surface area contributed by atoms with Gasteiger partial charge in [0, 0.05) is 21.2 Å². The highest BCUT2D eigenvalue weighted by Crippen LogP contribution is 2.64. The Bertz CT molecular complexity index is 2680. The van der Waals surface area contributed by atoms with Gasteiger partial charge >= 0.3 is 0 Å². The van der Waals surface area contributed by atoms with Gasteiger partial charge in [-0.2, -0.15) is 0 Å². The fourth-order valence-electron chi connectivity index (χ4n) is 9.02. The summed E-state index contributed by atoms with van der Waals surface area (Å²) in [4.78, 5) is 0. The molecule has 0 bridgehead atoms. The van der Waals surface area contributed by atoms with Crippen LogP contribution in [0.3, 0.4) is 0 Å². The van der Waals surface area contributed by atoms with E-state index in [1.54, 1.807) is 0 Å². The fourth-order valence-corrected chi connectivity index (χ4v) is 10.2. The second kappa shape index (κ2) is 10.4. The Morgan fingerprint density at radius 3 is 1.78 bits per heavy atom. The van der Waals surface area contributed by atoms with Crippen molar-refractivity contribution in [3.63, 3.8) is 0 Å². The summed E-state index contributed by atoms with van der Waals surface area (Å²) in [5.41, 5.74) is 15.5. The first-order valence-corrected chi connectivity index (χ1v) is 19.0. The third kappa shape index (κ3) is 4.26. The Balaban J connectivity index is 1.22. The lowest BCUT2D eigenvalue weighted by Crippen LogP contribution is -2.27. The molecule has 0 saturated heterocycles. The van der Waals surface area contributed by atoms with E-state index in [9.17, 15) is 0 Å². The minimum atomic E-state index is -0.417. The molecule has 1 aromatic heterocycles. The van der Waals surface area contributed by atoms with Gasteiger partial charge in [0.2, 0.25) is 0 Å². The van der Waals surface area contributed by atoms with Crippen LogP contribution >= 0.6 is 11.3 Å². The highest BCUT2D eigenvalue weighted by Gasteiger charge is 2.52. The largest absolute Gasteiger partial charge is 0.354 e. The molecule has 0 fully saturated rings. The lowest BCUT2D eigenvalue weighted by atomic mass is 9.68. The average Bonchev–Trinajstić information content (AvgIpc) is 3.75.